The van der Waals surface area contributed by atoms with Crippen molar-refractivity contribution < 1.29 is 50.5 Å². The Morgan fingerprint density at radius 2 is 1.83 bits per heavy atom. The average molecular weight is 589 g/mol. The van der Waals surface area contributed by atoms with Gasteiger partial charge < -0.3 is 29.4 Å². The number of phosphoric acid groups is 1. The van der Waals surface area contributed by atoms with Crippen LogP contribution in [0.1, 0.15) is 6.23 Å². The van der Waals surface area contributed by atoms with E-state index in [0.29, 0.717) is 16.3 Å². The molecule has 0 saturated carbocycles. The summed E-state index contributed by atoms with van der Waals surface area (Å²) in [5.41, 5.74) is 6.80. The van der Waals surface area contributed by atoms with Gasteiger partial charge in [-0.15, -0.1) is 0 Å². The number of aromatic nitrogens is 4. The molecule has 36 heavy (non-hydrogen) atoms. The van der Waals surface area contributed by atoms with Crippen LogP contribution in [0.3, 0.4) is 0 Å². The molecule has 0 spiro atoms. The second kappa shape index (κ2) is 12.3. The number of imidazole rings is 1. The molecule has 202 valence electrons. The molecule has 0 amide bonds. The van der Waals surface area contributed by atoms with E-state index < -0.39 is 55.0 Å². The highest BCUT2D eigenvalue weighted by atomic mass is 32.2. The second-order valence-corrected chi connectivity index (χ2v) is 13.7. The molecule has 2 saturated heterocycles. The zero-order valence-electron chi connectivity index (χ0n) is 19.4. The molecule has 2 aliphatic heterocycles. The number of nitrogens with two attached hydrogens (primary N) is 1. The molecule has 4 rings (SSSR count). The lowest BCUT2D eigenvalue weighted by Crippen LogP contribution is -2.39. The summed E-state index contributed by atoms with van der Waals surface area (Å²) in [5.74, 6) is -0.105. The van der Waals surface area contributed by atoms with Gasteiger partial charge in [-0.3, -0.25) is 18.2 Å². The molecule has 2 aliphatic rings. The fraction of sp³-hybridized carbons (Fsp3) is 0.688. The van der Waals surface area contributed by atoms with E-state index in [1.54, 1.807) is 10.8 Å². The minimum atomic E-state index is -4.33. The lowest BCUT2D eigenvalue weighted by molar-refractivity contribution is -0.158. The zero-order chi connectivity index (χ0) is 25.9. The molecule has 6 atom stereocenters. The molecule has 0 aromatic carbocycles. The molecular formula is C16H26N5O11P3S. The van der Waals surface area contributed by atoms with Crippen LogP contribution >= 0.6 is 35.6 Å². The third-order valence-electron chi connectivity index (χ3n) is 5.04. The molecule has 2 fully saturated rings. The molecule has 0 radical (unpaired) electrons. The van der Waals surface area contributed by atoms with E-state index in [-0.39, 0.29) is 25.3 Å². The molecule has 6 unspecified atom stereocenters. The third-order valence-corrected chi connectivity index (χ3v) is 11.8. The molecule has 16 nitrogen and oxygen atoms in total. The Labute approximate surface area is 211 Å². The van der Waals surface area contributed by atoms with Crippen LogP contribution in [0.5, 0.6) is 0 Å². The van der Waals surface area contributed by atoms with Gasteiger partial charge >= 0.3 is 7.82 Å². The van der Waals surface area contributed by atoms with Gasteiger partial charge in [-0.1, -0.05) is 11.8 Å². The molecule has 20 heteroatoms. The highest BCUT2D eigenvalue weighted by Crippen LogP contribution is 2.68. The predicted molar refractivity (Wildman–Crippen MR) is 128 cm³/mol. The lowest BCUT2D eigenvalue weighted by atomic mass is 10.1. The van der Waals surface area contributed by atoms with Crippen molar-refractivity contribution in [2.45, 2.75) is 29.7 Å². The topological polar surface area (TPSA) is 195 Å². The first-order chi connectivity index (χ1) is 17.3. The number of nitrogens with zero attached hydrogens (tertiary/aromatic N) is 4. The maximum Gasteiger partial charge on any atom is 0.485 e. The van der Waals surface area contributed by atoms with Gasteiger partial charge in [-0.05, 0) is 6.26 Å². The van der Waals surface area contributed by atoms with Crippen molar-refractivity contribution >= 4 is 52.6 Å². The summed E-state index contributed by atoms with van der Waals surface area (Å²) in [6.45, 7) is -0.648. The molecule has 2 N–H and O–H groups in total. The summed E-state index contributed by atoms with van der Waals surface area (Å²) in [6.07, 6.45) is -0.178. The largest absolute Gasteiger partial charge is 0.485 e. The average Bonchev–Trinajstić information content (AvgIpc) is 3.40. The highest BCUT2D eigenvalue weighted by Gasteiger charge is 2.50. The molecule has 2 aromatic rings. The van der Waals surface area contributed by atoms with Crippen molar-refractivity contribution in [3.8, 4) is 0 Å². The Morgan fingerprint density at radius 1 is 1.17 bits per heavy atom. The minimum Gasteiger partial charge on any atom is -0.382 e. The summed E-state index contributed by atoms with van der Waals surface area (Å²) < 4.78 is 81.0. The fourth-order valence-corrected chi connectivity index (χ4v) is 9.82. The summed E-state index contributed by atoms with van der Waals surface area (Å²) in [4.78, 5) is 13.0. The van der Waals surface area contributed by atoms with E-state index in [4.69, 9.17) is 42.6 Å². The molecule has 0 bridgehead atoms. The van der Waals surface area contributed by atoms with Crippen LogP contribution in [-0.2, 0) is 50.5 Å². The van der Waals surface area contributed by atoms with Gasteiger partial charge in [0.2, 0.25) is 16.1 Å². The Kier molecular flexibility index (Phi) is 9.59. The quantitative estimate of drug-likeness (QED) is 0.173. The summed E-state index contributed by atoms with van der Waals surface area (Å²) >= 11 is 1.30. The van der Waals surface area contributed by atoms with Gasteiger partial charge in [0.25, 0.3) is 0 Å². The number of rotatable bonds is 11. The molecular weight excluding hydrogens is 563 g/mol. The Bertz CT molecular complexity index is 1150. The monoisotopic (exact) mass is 589 g/mol. The molecule has 2 aromatic heterocycles. The van der Waals surface area contributed by atoms with Crippen molar-refractivity contribution in [2.75, 3.05) is 52.3 Å². The Morgan fingerprint density at radius 3 is 2.47 bits per heavy atom. The van der Waals surface area contributed by atoms with Crippen LogP contribution < -0.4 is 5.73 Å². The molecule has 0 aliphatic carbocycles. The van der Waals surface area contributed by atoms with Crippen LogP contribution in [0.4, 0.5) is 5.82 Å². The van der Waals surface area contributed by atoms with E-state index in [1.807, 2.05) is 0 Å². The third kappa shape index (κ3) is 6.20. The zero-order valence-corrected chi connectivity index (χ0v) is 23.1. The smallest absolute Gasteiger partial charge is 0.382 e. The van der Waals surface area contributed by atoms with Gasteiger partial charge in [0.15, 0.2) is 22.8 Å². The Balaban J connectivity index is 1.64. The van der Waals surface area contributed by atoms with Crippen molar-refractivity contribution in [2.24, 2.45) is 0 Å². The predicted octanol–water partition coefficient (Wildman–Crippen LogP) is 2.08. The van der Waals surface area contributed by atoms with Gasteiger partial charge in [-0.2, -0.15) is 0 Å². The summed E-state index contributed by atoms with van der Waals surface area (Å²) in [7, 11) is -7.09. The number of methoxy groups -OCH3 is 2. The first-order valence-corrected chi connectivity index (χ1v) is 16.1. The number of ether oxygens (including phenoxy) is 5. The number of anilines is 1. The lowest BCUT2D eigenvalue weighted by Gasteiger charge is -2.25. The van der Waals surface area contributed by atoms with E-state index in [1.165, 1.54) is 32.3 Å². The SMILES string of the molecule is COCOC1C(COP2(=O)O[PH](=O)C[PH](=O)O2)OC(n2cnc3c(N)nc(SC)nc32)C1OCOC. The van der Waals surface area contributed by atoms with Crippen LogP contribution in [-0.4, -0.2) is 84.4 Å². The summed E-state index contributed by atoms with van der Waals surface area (Å²) in [6, 6.07) is 0. The molecule has 4 heterocycles. The number of thioether (sulfide) groups is 1. The number of hydrogen-bond acceptors (Lipinski definition) is 16. The fourth-order valence-electron chi connectivity index (χ4n) is 3.60. The normalized spacial score (nSPS) is 32.9. The minimum absolute atomic E-state index is 0.112. The highest BCUT2D eigenvalue weighted by molar-refractivity contribution is 7.98. The second-order valence-electron chi connectivity index (χ2n) is 7.41. The summed E-state index contributed by atoms with van der Waals surface area (Å²) in [5, 5.41) is 0.427. The standard InChI is InChI=1S/C16H26N5O11P3S/c1-25-6-27-11-9(4-29-35(24)31-33(22)8-34(23)32-35)30-15(12(11)28-7-26-2)21-5-18-10-13(17)19-16(36-3)20-14(10)21/h5,9,11-12,15,33-34H,4,6-8H2,1-3H3,(H2,17,19,20). The van der Waals surface area contributed by atoms with Crippen LogP contribution in [0, 0.1) is 0 Å². The van der Waals surface area contributed by atoms with Crippen LogP contribution in [0.15, 0.2) is 11.5 Å². The number of fused-ring (bicyclic) bond motifs is 1. The van der Waals surface area contributed by atoms with Crippen LogP contribution in [0.25, 0.3) is 11.2 Å². The van der Waals surface area contributed by atoms with Gasteiger partial charge in [-0.25, -0.2) is 28.1 Å². The maximum atomic E-state index is 12.7. The first-order valence-electron chi connectivity index (χ1n) is 10.4. The number of nitrogen functional groups attached to an aromatic ring is 1. The van der Waals surface area contributed by atoms with E-state index in [2.05, 4.69) is 15.0 Å². The van der Waals surface area contributed by atoms with Gasteiger partial charge in [0.05, 0.1) is 18.8 Å². The van der Waals surface area contributed by atoms with E-state index in [0.717, 1.165) is 0 Å². The van der Waals surface area contributed by atoms with Crippen molar-refractivity contribution in [3.63, 3.8) is 0 Å². The van der Waals surface area contributed by atoms with Gasteiger partial charge in [0.1, 0.15) is 37.4 Å². The van der Waals surface area contributed by atoms with Crippen molar-refractivity contribution in [3.05, 3.63) is 6.33 Å². The van der Waals surface area contributed by atoms with Crippen molar-refractivity contribution in [1.29, 1.82) is 0 Å². The van der Waals surface area contributed by atoms with E-state index in [9.17, 15) is 13.7 Å². The van der Waals surface area contributed by atoms with Crippen molar-refractivity contribution in [1.82, 2.24) is 19.5 Å². The first kappa shape index (κ1) is 28.1. The van der Waals surface area contributed by atoms with Gasteiger partial charge in [0, 0.05) is 14.2 Å². The van der Waals surface area contributed by atoms with E-state index >= 15 is 0 Å². The maximum absolute atomic E-state index is 12.7. The van der Waals surface area contributed by atoms with Crippen LogP contribution in [0.2, 0.25) is 0 Å². The Hall–Kier alpha value is -0.930. The number of hydrogen-bond donors (Lipinski definition) is 1.